The van der Waals surface area contributed by atoms with Crippen LogP contribution in [0.15, 0.2) is 0 Å². The fourth-order valence-electron chi connectivity index (χ4n) is 1.57. The van der Waals surface area contributed by atoms with Gasteiger partial charge in [0, 0.05) is 25.4 Å². The molecule has 0 bridgehead atoms. The molecule has 0 saturated carbocycles. The van der Waals surface area contributed by atoms with Crippen molar-refractivity contribution in [3.63, 3.8) is 0 Å². The second kappa shape index (κ2) is 7.22. The summed E-state index contributed by atoms with van der Waals surface area (Å²) in [5.74, 6) is 1.06. The third kappa shape index (κ3) is 4.80. The van der Waals surface area contributed by atoms with Gasteiger partial charge in [-0.25, -0.2) is 8.42 Å². The van der Waals surface area contributed by atoms with Gasteiger partial charge in [-0.05, 0) is 13.8 Å². The third-order valence-electron chi connectivity index (χ3n) is 2.82. The normalized spacial score (nSPS) is 11.3. The van der Waals surface area contributed by atoms with Crippen LogP contribution in [0.4, 0.5) is 17.8 Å². The molecule has 114 valence electrons. The molecule has 0 aliphatic rings. The van der Waals surface area contributed by atoms with Crippen molar-refractivity contribution in [2.75, 3.05) is 47.1 Å². The molecule has 0 radical (unpaired) electrons. The van der Waals surface area contributed by atoms with E-state index in [2.05, 4.69) is 20.3 Å². The summed E-state index contributed by atoms with van der Waals surface area (Å²) < 4.78 is 22.8. The lowest BCUT2D eigenvalue weighted by Crippen LogP contribution is -2.26. The molecule has 0 fully saturated rings. The van der Waals surface area contributed by atoms with Gasteiger partial charge in [0.1, 0.15) is 0 Å². The van der Waals surface area contributed by atoms with Crippen LogP contribution in [0, 0.1) is 0 Å². The van der Waals surface area contributed by atoms with Crippen molar-refractivity contribution < 1.29 is 8.42 Å². The molecule has 3 N–H and O–H groups in total. The number of aromatic nitrogens is 3. The van der Waals surface area contributed by atoms with Crippen molar-refractivity contribution in [1.29, 1.82) is 0 Å². The van der Waals surface area contributed by atoms with E-state index in [4.69, 9.17) is 5.73 Å². The van der Waals surface area contributed by atoms with E-state index < -0.39 is 9.84 Å². The Balaban J connectivity index is 2.76. The first-order chi connectivity index (χ1) is 9.41. The molecule has 0 saturated heterocycles. The number of nitrogens with zero attached hydrogens (tertiary/aromatic N) is 4. The maximum absolute atomic E-state index is 11.4. The third-order valence-corrected chi connectivity index (χ3v) is 4.53. The van der Waals surface area contributed by atoms with E-state index in [0.29, 0.717) is 11.9 Å². The molecule has 0 atom stereocenters. The summed E-state index contributed by atoms with van der Waals surface area (Å²) in [6.45, 7) is 7.36. The van der Waals surface area contributed by atoms with E-state index >= 15 is 0 Å². The van der Waals surface area contributed by atoms with E-state index in [1.807, 2.05) is 18.7 Å². The number of hydrogen-bond donors (Lipinski definition) is 2. The van der Waals surface area contributed by atoms with Crippen LogP contribution in [0.2, 0.25) is 0 Å². The molecule has 0 spiro atoms. The van der Waals surface area contributed by atoms with E-state index in [0.717, 1.165) is 13.1 Å². The highest BCUT2D eigenvalue weighted by atomic mass is 32.2. The molecule has 20 heavy (non-hydrogen) atoms. The molecule has 0 unspecified atom stereocenters. The van der Waals surface area contributed by atoms with Crippen molar-refractivity contribution in [2.45, 2.75) is 20.8 Å². The molecule has 9 heteroatoms. The van der Waals surface area contributed by atoms with Gasteiger partial charge in [0.15, 0.2) is 9.84 Å². The van der Waals surface area contributed by atoms with Crippen molar-refractivity contribution in [1.82, 2.24) is 15.0 Å². The lowest BCUT2D eigenvalue weighted by Gasteiger charge is -2.19. The second-order valence-electron chi connectivity index (χ2n) is 4.15. The van der Waals surface area contributed by atoms with Crippen molar-refractivity contribution in [3.05, 3.63) is 0 Å². The number of hydrogen-bond acceptors (Lipinski definition) is 8. The Bertz CT molecular complexity index is 530. The number of nitrogens with one attached hydrogen (secondary N) is 1. The maximum atomic E-state index is 11.4. The molecular formula is C11H22N6O2S. The Hall–Kier alpha value is -1.64. The molecular weight excluding hydrogens is 280 g/mol. The van der Waals surface area contributed by atoms with Crippen LogP contribution < -0.4 is 16.0 Å². The Labute approximate surface area is 119 Å². The average Bonchev–Trinajstić information content (AvgIpc) is 2.39. The molecule has 1 heterocycles. The van der Waals surface area contributed by atoms with E-state index in [1.165, 1.54) is 0 Å². The monoisotopic (exact) mass is 302 g/mol. The van der Waals surface area contributed by atoms with Crippen molar-refractivity contribution in [3.8, 4) is 0 Å². The van der Waals surface area contributed by atoms with Crippen LogP contribution in [0.3, 0.4) is 0 Å². The lowest BCUT2D eigenvalue weighted by atomic mass is 10.5. The first kappa shape index (κ1) is 16.4. The van der Waals surface area contributed by atoms with Gasteiger partial charge in [0.25, 0.3) is 0 Å². The van der Waals surface area contributed by atoms with E-state index in [9.17, 15) is 8.42 Å². The molecule has 1 aromatic heterocycles. The predicted octanol–water partition coefficient (Wildman–Crippen LogP) is 0.147. The highest BCUT2D eigenvalue weighted by molar-refractivity contribution is 7.91. The summed E-state index contributed by atoms with van der Waals surface area (Å²) >= 11 is 0. The van der Waals surface area contributed by atoms with Gasteiger partial charge in [0.05, 0.1) is 5.75 Å². The lowest BCUT2D eigenvalue weighted by molar-refractivity contribution is 0.597. The number of sulfone groups is 1. The summed E-state index contributed by atoms with van der Waals surface area (Å²) in [6.07, 6.45) is 0. The Morgan fingerprint density at radius 1 is 1.15 bits per heavy atom. The minimum absolute atomic E-state index is 0.0374. The number of anilines is 3. The quantitative estimate of drug-likeness (QED) is 0.697. The zero-order chi connectivity index (χ0) is 15.2. The Morgan fingerprint density at radius 2 is 1.80 bits per heavy atom. The average molecular weight is 302 g/mol. The van der Waals surface area contributed by atoms with Crippen LogP contribution in [-0.4, -0.2) is 54.5 Å². The molecule has 0 amide bonds. The molecule has 8 nitrogen and oxygen atoms in total. The van der Waals surface area contributed by atoms with Gasteiger partial charge in [-0.2, -0.15) is 15.0 Å². The van der Waals surface area contributed by atoms with Crippen LogP contribution >= 0.6 is 0 Å². The topological polar surface area (TPSA) is 114 Å². The highest BCUT2D eigenvalue weighted by Gasteiger charge is 2.11. The van der Waals surface area contributed by atoms with Crippen molar-refractivity contribution in [2.24, 2.45) is 0 Å². The van der Waals surface area contributed by atoms with Gasteiger partial charge >= 0.3 is 0 Å². The van der Waals surface area contributed by atoms with Crippen LogP contribution in [0.5, 0.6) is 0 Å². The molecule has 0 aliphatic carbocycles. The molecule has 1 aromatic rings. The standard InChI is InChI=1S/C11H22N6O2S/c1-4-17(5-2)11-15-9(12)14-10(16-11)13-7-8-20(18,19)6-3/h4-8H2,1-3H3,(H3,12,13,14,15,16). The van der Waals surface area contributed by atoms with E-state index in [-0.39, 0.29) is 24.0 Å². The van der Waals surface area contributed by atoms with Gasteiger partial charge < -0.3 is 16.0 Å². The molecule has 0 aromatic carbocycles. The fraction of sp³-hybridized carbons (Fsp3) is 0.727. The predicted molar refractivity (Wildman–Crippen MR) is 80.6 cm³/mol. The van der Waals surface area contributed by atoms with Gasteiger partial charge in [-0.15, -0.1) is 0 Å². The number of nitrogens with two attached hydrogens (primary N) is 1. The van der Waals surface area contributed by atoms with Crippen LogP contribution in [0.25, 0.3) is 0 Å². The Kier molecular flexibility index (Phi) is 5.93. The summed E-state index contributed by atoms with van der Waals surface area (Å²) in [4.78, 5) is 14.2. The Morgan fingerprint density at radius 3 is 2.35 bits per heavy atom. The SMILES string of the molecule is CCN(CC)c1nc(N)nc(NCCS(=O)(=O)CC)n1. The first-order valence-electron chi connectivity index (χ1n) is 6.62. The minimum atomic E-state index is -3.01. The zero-order valence-electron chi connectivity index (χ0n) is 12.1. The number of nitrogen functional groups attached to an aromatic ring is 1. The molecule has 0 aliphatic heterocycles. The molecule has 1 rings (SSSR count). The van der Waals surface area contributed by atoms with Crippen LogP contribution in [0.1, 0.15) is 20.8 Å². The van der Waals surface area contributed by atoms with Gasteiger partial charge in [-0.1, -0.05) is 6.92 Å². The summed E-state index contributed by atoms with van der Waals surface area (Å²) in [6, 6.07) is 0. The summed E-state index contributed by atoms with van der Waals surface area (Å²) in [5, 5.41) is 2.87. The number of rotatable bonds is 8. The smallest absolute Gasteiger partial charge is 0.231 e. The summed E-state index contributed by atoms with van der Waals surface area (Å²) in [5.41, 5.74) is 5.64. The minimum Gasteiger partial charge on any atom is -0.368 e. The van der Waals surface area contributed by atoms with Crippen molar-refractivity contribution >= 4 is 27.7 Å². The highest BCUT2D eigenvalue weighted by Crippen LogP contribution is 2.11. The van der Waals surface area contributed by atoms with E-state index in [1.54, 1.807) is 6.92 Å². The fourth-order valence-corrected chi connectivity index (χ4v) is 2.27. The first-order valence-corrected chi connectivity index (χ1v) is 8.44. The zero-order valence-corrected chi connectivity index (χ0v) is 12.9. The van der Waals surface area contributed by atoms with Gasteiger partial charge in [-0.3, -0.25) is 0 Å². The summed E-state index contributed by atoms with van der Waals surface area (Å²) in [7, 11) is -3.01. The van der Waals surface area contributed by atoms with Crippen LogP contribution in [-0.2, 0) is 9.84 Å². The van der Waals surface area contributed by atoms with Gasteiger partial charge in [0.2, 0.25) is 17.8 Å². The second-order valence-corrected chi connectivity index (χ2v) is 6.63. The maximum Gasteiger partial charge on any atom is 0.231 e. The largest absolute Gasteiger partial charge is 0.368 e.